The lowest BCUT2D eigenvalue weighted by molar-refractivity contribution is -0.118. The highest BCUT2D eigenvalue weighted by Crippen LogP contribution is 2.28. The van der Waals surface area contributed by atoms with Crippen molar-refractivity contribution in [3.63, 3.8) is 0 Å². The Balaban J connectivity index is 1.53. The van der Waals surface area contributed by atoms with Gasteiger partial charge in [-0.2, -0.15) is 5.10 Å². The summed E-state index contributed by atoms with van der Waals surface area (Å²) in [7, 11) is 0. The van der Waals surface area contributed by atoms with Gasteiger partial charge in [0.1, 0.15) is 11.5 Å². The largest absolute Gasteiger partial charge is 0.494 e. The second-order valence-electron chi connectivity index (χ2n) is 6.41. The van der Waals surface area contributed by atoms with Crippen LogP contribution in [-0.4, -0.2) is 44.2 Å². The van der Waals surface area contributed by atoms with Gasteiger partial charge in [0.2, 0.25) is 0 Å². The summed E-state index contributed by atoms with van der Waals surface area (Å²) in [5.41, 5.74) is 4.13. The van der Waals surface area contributed by atoms with Crippen LogP contribution >= 0.6 is 11.8 Å². The molecule has 3 heterocycles. The Morgan fingerprint density at radius 1 is 1.22 bits per heavy atom. The maximum absolute atomic E-state index is 12.2. The van der Waals surface area contributed by atoms with Crippen molar-refractivity contribution in [2.24, 2.45) is 5.10 Å². The predicted molar refractivity (Wildman–Crippen MR) is 121 cm³/mol. The highest BCUT2D eigenvalue weighted by molar-refractivity contribution is 7.99. The zero-order valence-corrected chi connectivity index (χ0v) is 18.0. The average molecular weight is 449 g/mol. The Bertz CT molecular complexity index is 1170. The fourth-order valence-electron chi connectivity index (χ4n) is 2.83. The van der Waals surface area contributed by atoms with Crippen LogP contribution < -0.4 is 10.2 Å². The zero-order valence-electron chi connectivity index (χ0n) is 17.2. The molecule has 162 valence electrons. The quantitative estimate of drug-likeness (QED) is 0.237. The number of rotatable bonds is 9. The number of pyridine rings is 1. The van der Waals surface area contributed by atoms with E-state index in [0.29, 0.717) is 23.3 Å². The van der Waals surface area contributed by atoms with E-state index in [2.05, 4.69) is 25.7 Å². The van der Waals surface area contributed by atoms with Crippen LogP contribution in [0, 0.1) is 0 Å². The van der Waals surface area contributed by atoms with Gasteiger partial charge in [0.25, 0.3) is 5.91 Å². The number of hydrazone groups is 1. The van der Waals surface area contributed by atoms with Crippen molar-refractivity contribution >= 4 is 23.9 Å². The normalized spacial score (nSPS) is 11.0. The molecule has 0 aliphatic heterocycles. The van der Waals surface area contributed by atoms with Crippen molar-refractivity contribution in [3.05, 3.63) is 72.9 Å². The maximum Gasteiger partial charge on any atom is 0.250 e. The second-order valence-corrected chi connectivity index (χ2v) is 7.35. The lowest BCUT2D eigenvalue weighted by Gasteiger charge is -2.11. The minimum absolute atomic E-state index is 0.109. The van der Waals surface area contributed by atoms with Crippen molar-refractivity contribution < 1.29 is 13.9 Å². The maximum atomic E-state index is 12.2. The van der Waals surface area contributed by atoms with Crippen LogP contribution in [0.1, 0.15) is 12.7 Å². The molecule has 0 aliphatic rings. The molecule has 0 saturated heterocycles. The van der Waals surface area contributed by atoms with Gasteiger partial charge in [0.15, 0.2) is 11.0 Å². The van der Waals surface area contributed by atoms with Gasteiger partial charge in [-0.15, -0.1) is 10.2 Å². The smallest absolute Gasteiger partial charge is 0.250 e. The first-order valence-electron chi connectivity index (χ1n) is 9.82. The van der Waals surface area contributed by atoms with Gasteiger partial charge in [-0.3, -0.25) is 14.3 Å². The van der Waals surface area contributed by atoms with Crippen LogP contribution in [0.3, 0.4) is 0 Å². The van der Waals surface area contributed by atoms with E-state index in [0.717, 1.165) is 17.0 Å². The fraction of sp³-hybridized carbons (Fsp3) is 0.136. The van der Waals surface area contributed by atoms with E-state index >= 15 is 0 Å². The van der Waals surface area contributed by atoms with Crippen LogP contribution in [0.25, 0.3) is 17.1 Å². The number of nitrogens with one attached hydrogen (secondary N) is 1. The number of carbonyl (C=O) groups is 1. The van der Waals surface area contributed by atoms with Crippen molar-refractivity contribution in [1.29, 1.82) is 0 Å². The highest BCUT2D eigenvalue weighted by atomic mass is 32.2. The molecule has 1 N–H and O–H groups in total. The number of carbonyl (C=O) groups excluding carboxylic acids is 1. The number of ether oxygens (including phenoxy) is 1. The topological polar surface area (TPSA) is 107 Å². The number of furan rings is 1. The van der Waals surface area contributed by atoms with Crippen LogP contribution in [0.2, 0.25) is 0 Å². The van der Waals surface area contributed by atoms with E-state index in [1.54, 1.807) is 24.5 Å². The van der Waals surface area contributed by atoms with Gasteiger partial charge in [0.05, 0.1) is 24.8 Å². The molecule has 4 aromatic rings. The molecule has 0 spiro atoms. The van der Waals surface area contributed by atoms with E-state index in [1.165, 1.54) is 24.2 Å². The van der Waals surface area contributed by atoms with E-state index in [4.69, 9.17) is 9.15 Å². The Hall–Kier alpha value is -3.92. The average Bonchev–Trinajstić information content (AvgIpc) is 3.49. The third-order valence-electron chi connectivity index (χ3n) is 4.22. The van der Waals surface area contributed by atoms with Crippen LogP contribution in [-0.2, 0) is 4.79 Å². The molecule has 9 nitrogen and oxygen atoms in total. The molecule has 0 bridgehead atoms. The zero-order chi connectivity index (χ0) is 22.2. The summed E-state index contributed by atoms with van der Waals surface area (Å²) in [5, 5.41) is 13.1. The van der Waals surface area contributed by atoms with Crippen molar-refractivity contribution in [1.82, 2.24) is 25.2 Å². The minimum atomic E-state index is -0.276. The summed E-state index contributed by atoms with van der Waals surface area (Å²) in [6, 6.07) is 14.8. The molecule has 32 heavy (non-hydrogen) atoms. The minimum Gasteiger partial charge on any atom is -0.494 e. The number of nitrogens with zero attached hydrogens (tertiary/aromatic N) is 5. The molecule has 0 saturated carbocycles. The molecule has 1 aromatic carbocycles. The molecular formula is C22H20N6O3S. The van der Waals surface area contributed by atoms with Gasteiger partial charge in [0, 0.05) is 23.6 Å². The van der Waals surface area contributed by atoms with E-state index < -0.39 is 0 Å². The van der Waals surface area contributed by atoms with Crippen LogP contribution in [0.15, 0.2) is 81.9 Å². The first-order valence-corrected chi connectivity index (χ1v) is 10.8. The lowest BCUT2D eigenvalue weighted by atomic mass is 10.2. The van der Waals surface area contributed by atoms with E-state index in [-0.39, 0.29) is 11.7 Å². The Kier molecular flexibility index (Phi) is 6.93. The Morgan fingerprint density at radius 2 is 2.09 bits per heavy atom. The molecule has 0 unspecified atom stereocenters. The molecule has 0 aliphatic carbocycles. The summed E-state index contributed by atoms with van der Waals surface area (Å²) < 4.78 is 12.6. The van der Waals surface area contributed by atoms with E-state index in [9.17, 15) is 4.79 Å². The van der Waals surface area contributed by atoms with Gasteiger partial charge in [-0.25, -0.2) is 5.43 Å². The monoisotopic (exact) mass is 448 g/mol. The summed E-state index contributed by atoms with van der Waals surface area (Å²) in [5.74, 6) is 1.78. The fourth-order valence-corrected chi connectivity index (χ4v) is 3.58. The molecule has 0 fully saturated rings. The molecule has 0 atom stereocenters. The molecular weight excluding hydrogens is 428 g/mol. The Morgan fingerprint density at radius 3 is 2.81 bits per heavy atom. The predicted octanol–water partition coefficient (Wildman–Crippen LogP) is 3.56. The number of hydrogen-bond acceptors (Lipinski definition) is 8. The second kappa shape index (κ2) is 10.4. The number of aromatic nitrogens is 4. The lowest BCUT2D eigenvalue weighted by Crippen LogP contribution is -2.19. The number of thioether (sulfide) groups is 1. The molecule has 0 radical (unpaired) electrons. The van der Waals surface area contributed by atoms with Gasteiger partial charge in [-0.05, 0) is 55.5 Å². The summed E-state index contributed by atoms with van der Waals surface area (Å²) in [6.45, 7) is 2.53. The van der Waals surface area contributed by atoms with Crippen molar-refractivity contribution in [2.75, 3.05) is 12.4 Å². The van der Waals surface area contributed by atoms with Gasteiger partial charge >= 0.3 is 0 Å². The summed E-state index contributed by atoms with van der Waals surface area (Å²) in [6.07, 6.45) is 6.39. The number of amides is 1. The SMILES string of the molecule is CCOc1ccc(-n2c(SCC(=O)N/N=C/c3ccco3)nnc2-c2cccnc2)cc1. The van der Waals surface area contributed by atoms with Crippen LogP contribution in [0.5, 0.6) is 5.75 Å². The van der Waals surface area contributed by atoms with Gasteiger partial charge in [-0.1, -0.05) is 11.8 Å². The number of hydrogen-bond donors (Lipinski definition) is 1. The van der Waals surface area contributed by atoms with Crippen LogP contribution in [0.4, 0.5) is 0 Å². The molecule has 4 rings (SSSR count). The van der Waals surface area contributed by atoms with Crippen molar-refractivity contribution in [2.45, 2.75) is 12.1 Å². The Labute approximate surface area is 188 Å². The standard InChI is InChI=1S/C22H20N6O3S/c1-2-30-18-9-7-17(8-10-18)28-21(16-5-3-11-23-13-16)26-27-22(28)32-15-20(29)25-24-14-19-6-4-12-31-19/h3-14H,2,15H2,1H3,(H,25,29)/b24-14+. The van der Waals surface area contributed by atoms with Gasteiger partial charge < -0.3 is 9.15 Å². The first kappa shape index (κ1) is 21.3. The molecule has 1 amide bonds. The molecule has 3 aromatic heterocycles. The first-order chi connectivity index (χ1) is 15.7. The third-order valence-corrected chi connectivity index (χ3v) is 5.14. The molecule has 10 heteroatoms. The summed E-state index contributed by atoms with van der Waals surface area (Å²) >= 11 is 1.26. The third kappa shape index (κ3) is 5.22. The summed E-state index contributed by atoms with van der Waals surface area (Å²) in [4.78, 5) is 16.4. The van der Waals surface area contributed by atoms with E-state index in [1.807, 2.05) is 47.9 Å². The van der Waals surface area contributed by atoms with Crippen molar-refractivity contribution in [3.8, 4) is 22.8 Å². The highest BCUT2D eigenvalue weighted by Gasteiger charge is 2.17. The number of benzene rings is 1.